The highest BCUT2D eigenvalue weighted by atomic mass is 16.6. The molecule has 2 saturated heterocycles. The van der Waals surface area contributed by atoms with E-state index in [0.29, 0.717) is 32.6 Å². The smallest absolute Gasteiger partial charge is 0.311 e. The molecule has 2 fully saturated rings. The molecule has 8 nitrogen and oxygen atoms in total. The number of amides is 1. The van der Waals surface area contributed by atoms with Crippen LogP contribution in [0.3, 0.4) is 0 Å². The molecule has 0 aliphatic carbocycles. The lowest BCUT2D eigenvalue weighted by atomic mass is 9.74. The number of carbonyl (C=O) groups excluding carboxylic acids is 1. The molecule has 25 heavy (non-hydrogen) atoms. The lowest BCUT2D eigenvalue weighted by Gasteiger charge is -2.33. The molecule has 0 radical (unpaired) electrons. The standard InChI is InChI=1S/C17H20N2O6/c20-15(5-4-12-2-1-3-14(8-12)19(23)24)18-9-13-10-25-7-6-17(13,11-18)16(21)22/h1-3,8,13H,4-7,9-11H2,(H,21,22)/t13-,17+/m0/s1. The number of nitrogens with zero attached hydrogens (tertiary/aromatic N) is 2. The minimum atomic E-state index is -0.903. The second-order valence-corrected chi connectivity index (χ2v) is 6.68. The average Bonchev–Trinajstić information content (AvgIpc) is 3.01. The number of carboxylic acids is 1. The number of ether oxygens (including phenoxy) is 1. The quantitative estimate of drug-likeness (QED) is 0.637. The SMILES string of the molecule is O=C(CCc1cccc([N+](=O)[O-])c1)N1C[C@H]2COCC[C@@]2(C(=O)O)C1. The fraction of sp³-hybridized carbons (Fsp3) is 0.529. The first-order chi connectivity index (χ1) is 11.9. The fourth-order valence-electron chi connectivity index (χ4n) is 3.72. The Bertz CT molecular complexity index is 706. The Morgan fingerprint density at radius 3 is 2.92 bits per heavy atom. The number of benzene rings is 1. The summed E-state index contributed by atoms with van der Waals surface area (Å²) in [6, 6.07) is 6.21. The summed E-state index contributed by atoms with van der Waals surface area (Å²) in [5.74, 6) is -1.17. The van der Waals surface area contributed by atoms with E-state index in [0.717, 1.165) is 5.56 Å². The number of fused-ring (bicyclic) bond motifs is 1. The summed E-state index contributed by atoms with van der Waals surface area (Å²) in [6.07, 6.45) is 1.00. The number of rotatable bonds is 5. The largest absolute Gasteiger partial charge is 0.481 e. The summed E-state index contributed by atoms with van der Waals surface area (Å²) in [7, 11) is 0. The molecule has 2 aliphatic heterocycles. The molecule has 1 aromatic carbocycles. The summed E-state index contributed by atoms with van der Waals surface area (Å²) in [6.45, 7) is 1.36. The molecule has 3 rings (SSSR count). The van der Waals surface area contributed by atoms with Crippen molar-refractivity contribution >= 4 is 17.6 Å². The zero-order chi connectivity index (χ0) is 18.0. The maximum atomic E-state index is 12.5. The number of likely N-dealkylation sites (tertiary alicyclic amines) is 1. The van der Waals surface area contributed by atoms with Crippen molar-refractivity contribution in [2.75, 3.05) is 26.3 Å². The van der Waals surface area contributed by atoms with Crippen molar-refractivity contribution in [2.24, 2.45) is 11.3 Å². The van der Waals surface area contributed by atoms with Gasteiger partial charge in [-0.1, -0.05) is 12.1 Å². The number of aliphatic carboxylic acids is 1. The van der Waals surface area contributed by atoms with Gasteiger partial charge in [0.1, 0.15) is 0 Å². The van der Waals surface area contributed by atoms with E-state index in [1.54, 1.807) is 17.0 Å². The number of carboxylic acid groups (broad SMARTS) is 1. The van der Waals surface area contributed by atoms with E-state index in [1.807, 2.05) is 0 Å². The maximum Gasteiger partial charge on any atom is 0.311 e. The average molecular weight is 348 g/mol. The Morgan fingerprint density at radius 2 is 2.24 bits per heavy atom. The predicted octanol–water partition coefficient (Wildman–Crippen LogP) is 1.48. The fourth-order valence-corrected chi connectivity index (χ4v) is 3.72. The van der Waals surface area contributed by atoms with E-state index in [4.69, 9.17) is 4.74 Å². The molecule has 2 aliphatic rings. The molecule has 1 N–H and O–H groups in total. The van der Waals surface area contributed by atoms with Crippen molar-refractivity contribution in [3.05, 3.63) is 39.9 Å². The van der Waals surface area contributed by atoms with Crippen LogP contribution in [-0.4, -0.2) is 53.1 Å². The van der Waals surface area contributed by atoms with Gasteiger partial charge in [-0.2, -0.15) is 0 Å². The van der Waals surface area contributed by atoms with Crippen molar-refractivity contribution in [1.82, 2.24) is 4.90 Å². The molecule has 134 valence electrons. The zero-order valence-corrected chi connectivity index (χ0v) is 13.7. The molecule has 0 spiro atoms. The third-order valence-electron chi connectivity index (χ3n) is 5.23. The van der Waals surface area contributed by atoms with Crippen LogP contribution in [0.5, 0.6) is 0 Å². The first kappa shape index (κ1) is 17.3. The summed E-state index contributed by atoms with van der Waals surface area (Å²) in [4.78, 5) is 36.2. The van der Waals surface area contributed by atoms with Crippen molar-refractivity contribution < 1.29 is 24.4 Å². The third kappa shape index (κ3) is 3.34. The monoisotopic (exact) mass is 348 g/mol. The Labute approximate surface area is 144 Å². The van der Waals surface area contributed by atoms with Gasteiger partial charge in [0.05, 0.1) is 16.9 Å². The number of nitro benzene ring substituents is 1. The van der Waals surface area contributed by atoms with Crippen LogP contribution >= 0.6 is 0 Å². The van der Waals surface area contributed by atoms with Crippen LogP contribution in [0.25, 0.3) is 0 Å². The van der Waals surface area contributed by atoms with Gasteiger partial charge >= 0.3 is 5.97 Å². The van der Waals surface area contributed by atoms with Crippen LogP contribution < -0.4 is 0 Å². The Morgan fingerprint density at radius 1 is 1.44 bits per heavy atom. The maximum absolute atomic E-state index is 12.5. The second kappa shape index (κ2) is 6.79. The minimum absolute atomic E-state index is 0.000815. The number of non-ortho nitro benzene ring substituents is 1. The van der Waals surface area contributed by atoms with Crippen molar-refractivity contribution in [3.8, 4) is 0 Å². The van der Waals surface area contributed by atoms with E-state index >= 15 is 0 Å². The van der Waals surface area contributed by atoms with E-state index < -0.39 is 16.3 Å². The van der Waals surface area contributed by atoms with Crippen LogP contribution in [-0.2, 0) is 20.7 Å². The predicted molar refractivity (Wildman–Crippen MR) is 87.0 cm³/mol. The molecule has 0 aromatic heterocycles. The Hall–Kier alpha value is -2.48. The molecular formula is C17H20N2O6. The molecule has 2 heterocycles. The second-order valence-electron chi connectivity index (χ2n) is 6.68. The van der Waals surface area contributed by atoms with Gasteiger partial charge in [-0.05, 0) is 18.4 Å². The molecule has 1 amide bonds. The van der Waals surface area contributed by atoms with E-state index in [-0.39, 0.29) is 30.5 Å². The van der Waals surface area contributed by atoms with E-state index in [9.17, 15) is 24.8 Å². The molecule has 1 aromatic rings. The number of carbonyl (C=O) groups is 2. The van der Waals surface area contributed by atoms with Crippen LogP contribution in [0.2, 0.25) is 0 Å². The van der Waals surface area contributed by atoms with Gasteiger partial charge in [-0.15, -0.1) is 0 Å². The minimum Gasteiger partial charge on any atom is -0.481 e. The highest BCUT2D eigenvalue weighted by molar-refractivity contribution is 5.81. The lowest BCUT2D eigenvalue weighted by molar-refractivity contribution is -0.384. The first-order valence-electron chi connectivity index (χ1n) is 8.24. The topological polar surface area (TPSA) is 110 Å². The van der Waals surface area contributed by atoms with Gasteiger partial charge in [0.15, 0.2) is 0 Å². The van der Waals surface area contributed by atoms with Crippen LogP contribution in [0.15, 0.2) is 24.3 Å². The summed E-state index contributed by atoms with van der Waals surface area (Å²) in [5, 5.41) is 20.4. The molecule has 0 unspecified atom stereocenters. The van der Waals surface area contributed by atoms with Crippen molar-refractivity contribution in [1.29, 1.82) is 0 Å². The van der Waals surface area contributed by atoms with Gasteiger partial charge in [-0.25, -0.2) is 0 Å². The van der Waals surface area contributed by atoms with Crippen LogP contribution in [0.4, 0.5) is 5.69 Å². The van der Waals surface area contributed by atoms with Gasteiger partial charge in [0, 0.05) is 44.2 Å². The number of nitro groups is 1. The third-order valence-corrected chi connectivity index (χ3v) is 5.23. The van der Waals surface area contributed by atoms with E-state index in [2.05, 4.69) is 0 Å². The number of aryl methyl sites for hydroxylation is 1. The summed E-state index contributed by atoms with van der Waals surface area (Å²) < 4.78 is 5.39. The highest BCUT2D eigenvalue weighted by Gasteiger charge is 2.54. The number of hydrogen-bond donors (Lipinski definition) is 1. The van der Waals surface area contributed by atoms with Gasteiger partial charge in [0.25, 0.3) is 5.69 Å². The Kier molecular flexibility index (Phi) is 4.71. The van der Waals surface area contributed by atoms with Crippen molar-refractivity contribution in [3.63, 3.8) is 0 Å². The number of hydrogen-bond acceptors (Lipinski definition) is 5. The van der Waals surface area contributed by atoms with Crippen LogP contribution in [0, 0.1) is 21.4 Å². The normalized spacial score (nSPS) is 25.4. The molecule has 0 bridgehead atoms. The molecular weight excluding hydrogens is 328 g/mol. The summed E-state index contributed by atoms with van der Waals surface area (Å²) in [5.41, 5.74) is -0.186. The molecule has 2 atom stereocenters. The Balaban J connectivity index is 1.63. The highest BCUT2D eigenvalue weighted by Crippen LogP contribution is 2.42. The molecule has 0 saturated carbocycles. The summed E-state index contributed by atoms with van der Waals surface area (Å²) >= 11 is 0. The first-order valence-corrected chi connectivity index (χ1v) is 8.24. The van der Waals surface area contributed by atoms with Crippen molar-refractivity contribution in [2.45, 2.75) is 19.3 Å². The van der Waals surface area contributed by atoms with E-state index in [1.165, 1.54) is 12.1 Å². The zero-order valence-electron chi connectivity index (χ0n) is 13.7. The van der Waals surface area contributed by atoms with Crippen LogP contribution in [0.1, 0.15) is 18.4 Å². The van der Waals surface area contributed by atoms with Gasteiger partial charge in [0.2, 0.25) is 5.91 Å². The lowest BCUT2D eigenvalue weighted by Crippen LogP contribution is -2.45. The van der Waals surface area contributed by atoms with Gasteiger partial charge < -0.3 is 14.7 Å². The van der Waals surface area contributed by atoms with Gasteiger partial charge in [-0.3, -0.25) is 19.7 Å². The molecule has 8 heteroatoms.